The van der Waals surface area contributed by atoms with Crippen LogP contribution in [0, 0.1) is 0 Å². The van der Waals surface area contributed by atoms with Crippen LogP contribution in [0.2, 0.25) is 0 Å². The first kappa shape index (κ1) is 23.1. The van der Waals surface area contributed by atoms with E-state index < -0.39 is 22.4 Å². The maximum Gasteiger partial charge on any atom is 0.0875 e. The van der Waals surface area contributed by atoms with E-state index in [2.05, 4.69) is 18.2 Å². The molecule has 2 N–H and O–H groups in total. The highest BCUT2D eigenvalue weighted by Gasteiger charge is 2.27. The third-order valence-electron chi connectivity index (χ3n) is 4.61. The van der Waals surface area contributed by atoms with Gasteiger partial charge in [0.25, 0.3) is 0 Å². The van der Waals surface area contributed by atoms with Crippen LogP contribution in [0.4, 0.5) is 0 Å². The molecule has 0 radical (unpaired) electrons. The van der Waals surface area contributed by atoms with Gasteiger partial charge in [0, 0.05) is 0 Å². The Balaban J connectivity index is 2.82. The molecule has 0 unspecified atom stereocenters. The molecule has 0 bridgehead atoms. The molecule has 1 aromatic rings. The Hall–Kier alpha value is -0.940. The summed E-state index contributed by atoms with van der Waals surface area (Å²) in [4.78, 5) is 0. The van der Waals surface area contributed by atoms with Gasteiger partial charge in [-0.05, 0) is 79.4 Å². The molecule has 0 spiro atoms. The van der Waals surface area contributed by atoms with E-state index in [0.717, 1.165) is 11.1 Å². The summed E-state index contributed by atoms with van der Waals surface area (Å²) >= 11 is 0. The molecule has 4 heteroatoms. The SMILES string of the molecule is CC(C)(O)CCOC(C)(C)c1cccc(C(C)(C)OCCC(C)(C)O)c1. The lowest BCUT2D eigenvalue weighted by Crippen LogP contribution is -2.29. The van der Waals surface area contributed by atoms with Crippen LogP contribution in [0.25, 0.3) is 0 Å². The Morgan fingerprint density at radius 1 is 0.692 bits per heavy atom. The van der Waals surface area contributed by atoms with Gasteiger partial charge in [0.1, 0.15) is 0 Å². The number of benzene rings is 1. The van der Waals surface area contributed by atoms with E-state index in [1.165, 1.54) is 0 Å². The summed E-state index contributed by atoms with van der Waals surface area (Å²) in [6, 6.07) is 8.25. The molecule has 150 valence electrons. The average molecular weight is 367 g/mol. The van der Waals surface area contributed by atoms with Gasteiger partial charge in [-0.25, -0.2) is 0 Å². The van der Waals surface area contributed by atoms with Crippen molar-refractivity contribution in [3.05, 3.63) is 35.4 Å². The quantitative estimate of drug-likeness (QED) is 0.639. The predicted octanol–water partition coefficient (Wildman–Crippen LogP) is 4.51. The molecule has 0 heterocycles. The van der Waals surface area contributed by atoms with Crippen LogP contribution >= 0.6 is 0 Å². The van der Waals surface area contributed by atoms with Crippen LogP contribution in [0.3, 0.4) is 0 Å². The van der Waals surface area contributed by atoms with Crippen molar-refractivity contribution in [1.82, 2.24) is 0 Å². The Labute approximate surface area is 159 Å². The second-order valence-corrected chi connectivity index (χ2v) is 9.42. The lowest BCUT2D eigenvalue weighted by atomic mass is 9.90. The maximum atomic E-state index is 9.86. The van der Waals surface area contributed by atoms with Crippen LogP contribution in [0.5, 0.6) is 0 Å². The van der Waals surface area contributed by atoms with Crippen molar-refractivity contribution in [3.63, 3.8) is 0 Å². The molecule has 1 aromatic carbocycles. The van der Waals surface area contributed by atoms with Crippen molar-refractivity contribution in [3.8, 4) is 0 Å². The summed E-state index contributed by atoms with van der Waals surface area (Å²) < 4.78 is 12.1. The van der Waals surface area contributed by atoms with Gasteiger partial charge in [-0.2, -0.15) is 0 Å². The molecule has 1 rings (SSSR count). The second-order valence-electron chi connectivity index (χ2n) is 9.42. The normalized spacial score (nSPS) is 13.9. The van der Waals surface area contributed by atoms with Gasteiger partial charge in [0.05, 0.1) is 35.6 Å². The first-order valence-corrected chi connectivity index (χ1v) is 9.46. The van der Waals surface area contributed by atoms with E-state index >= 15 is 0 Å². The number of aliphatic hydroxyl groups is 2. The molecule has 4 nitrogen and oxygen atoms in total. The van der Waals surface area contributed by atoms with E-state index in [9.17, 15) is 10.2 Å². The van der Waals surface area contributed by atoms with Gasteiger partial charge in [0.15, 0.2) is 0 Å². The fourth-order valence-electron chi connectivity index (χ4n) is 2.55. The minimum atomic E-state index is -0.728. The minimum Gasteiger partial charge on any atom is -0.390 e. The summed E-state index contributed by atoms with van der Waals surface area (Å²) in [5.74, 6) is 0. The molecule has 0 aliphatic carbocycles. The van der Waals surface area contributed by atoms with E-state index in [0.29, 0.717) is 26.1 Å². The molecule has 0 aliphatic heterocycles. The Bertz CT molecular complexity index is 515. The predicted molar refractivity (Wildman–Crippen MR) is 106 cm³/mol. The second kappa shape index (κ2) is 8.39. The molecule has 0 saturated heterocycles. The largest absolute Gasteiger partial charge is 0.390 e. The highest BCUT2D eigenvalue weighted by atomic mass is 16.5. The van der Waals surface area contributed by atoms with Crippen molar-refractivity contribution in [2.24, 2.45) is 0 Å². The van der Waals surface area contributed by atoms with Gasteiger partial charge in [-0.1, -0.05) is 24.3 Å². The van der Waals surface area contributed by atoms with Gasteiger partial charge in [-0.15, -0.1) is 0 Å². The standard InChI is InChI=1S/C22H38O4/c1-19(2,23)12-14-25-21(5,6)17-10-9-11-18(16-17)22(7,8)26-15-13-20(3,4)24/h9-11,16,23-24H,12-15H2,1-8H3. The third kappa shape index (κ3) is 8.17. The summed E-state index contributed by atoms with van der Waals surface area (Å²) in [6.45, 7) is 16.3. The smallest absolute Gasteiger partial charge is 0.0875 e. The molecule has 26 heavy (non-hydrogen) atoms. The average Bonchev–Trinajstić information content (AvgIpc) is 2.44. The molecule has 0 amide bonds. The highest BCUT2D eigenvalue weighted by Crippen LogP contribution is 2.31. The number of hydrogen-bond donors (Lipinski definition) is 2. The van der Waals surface area contributed by atoms with Crippen LogP contribution in [-0.2, 0) is 20.7 Å². The maximum absolute atomic E-state index is 9.86. The molecule has 0 atom stereocenters. The monoisotopic (exact) mass is 366 g/mol. The number of hydrogen-bond acceptors (Lipinski definition) is 4. The van der Waals surface area contributed by atoms with Crippen molar-refractivity contribution in [2.45, 2.75) is 90.6 Å². The van der Waals surface area contributed by atoms with Gasteiger partial charge in [-0.3, -0.25) is 0 Å². The zero-order valence-electron chi connectivity index (χ0n) is 17.8. The fraction of sp³-hybridized carbons (Fsp3) is 0.727. The van der Waals surface area contributed by atoms with Crippen molar-refractivity contribution < 1.29 is 19.7 Å². The van der Waals surface area contributed by atoms with Crippen molar-refractivity contribution in [2.75, 3.05) is 13.2 Å². The minimum absolute atomic E-state index is 0.454. The summed E-state index contributed by atoms with van der Waals surface area (Å²) in [5, 5.41) is 19.7. The molecular weight excluding hydrogens is 328 g/mol. The van der Waals surface area contributed by atoms with E-state index in [1.807, 2.05) is 33.8 Å². The van der Waals surface area contributed by atoms with E-state index in [1.54, 1.807) is 27.7 Å². The Morgan fingerprint density at radius 3 is 1.35 bits per heavy atom. The number of ether oxygens (including phenoxy) is 2. The Morgan fingerprint density at radius 2 is 1.04 bits per heavy atom. The molecule has 0 aliphatic rings. The molecule has 0 saturated carbocycles. The molecule has 0 aromatic heterocycles. The Kier molecular flexibility index (Phi) is 7.45. The van der Waals surface area contributed by atoms with Gasteiger partial charge in [0.2, 0.25) is 0 Å². The van der Waals surface area contributed by atoms with E-state index in [4.69, 9.17) is 9.47 Å². The van der Waals surface area contributed by atoms with Crippen LogP contribution < -0.4 is 0 Å². The van der Waals surface area contributed by atoms with E-state index in [-0.39, 0.29) is 0 Å². The van der Waals surface area contributed by atoms with Gasteiger partial charge < -0.3 is 19.7 Å². The zero-order chi connectivity index (χ0) is 20.2. The van der Waals surface area contributed by atoms with Crippen molar-refractivity contribution >= 4 is 0 Å². The van der Waals surface area contributed by atoms with Gasteiger partial charge >= 0.3 is 0 Å². The summed E-state index contributed by atoms with van der Waals surface area (Å²) in [5.41, 5.74) is -0.216. The zero-order valence-corrected chi connectivity index (χ0v) is 17.8. The molecular formula is C22H38O4. The lowest BCUT2D eigenvalue weighted by molar-refractivity contribution is -0.0526. The summed E-state index contributed by atoms with van der Waals surface area (Å²) in [7, 11) is 0. The first-order valence-electron chi connectivity index (χ1n) is 9.46. The summed E-state index contributed by atoms with van der Waals surface area (Å²) in [6.07, 6.45) is 1.17. The van der Waals surface area contributed by atoms with Crippen LogP contribution in [0.1, 0.15) is 79.4 Å². The van der Waals surface area contributed by atoms with Crippen molar-refractivity contribution in [1.29, 1.82) is 0 Å². The number of rotatable bonds is 10. The van der Waals surface area contributed by atoms with Crippen LogP contribution in [-0.4, -0.2) is 34.6 Å². The third-order valence-corrected chi connectivity index (χ3v) is 4.61. The highest BCUT2D eigenvalue weighted by molar-refractivity contribution is 5.31. The lowest BCUT2D eigenvalue weighted by Gasteiger charge is -2.31. The topological polar surface area (TPSA) is 58.9 Å². The fourth-order valence-corrected chi connectivity index (χ4v) is 2.55. The van der Waals surface area contributed by atoms with Crippen LogP contribution in [0.15, 0.2) is 24.3 Å². The first-order chi connectivity index (χ1) is 11.6. The molecule has 0 fully saturated rings.